The van der Waals surface area contributed by atoms with Crippen molar-refractivity contribution in [3.8, 4) is 0 Å². The van der Waals surface area contributed by atoms with Crippen LogP contribution in [0.1, 0.15) is 34.8 Å². The maximum absolute atomic E-state index is 12.9. The zero-order valence-electron chi connectivity index (χ0n) is 11.3. The molecule has 1 amide bonds. The number of aromatic nitrogens is 1. The standard InChI is InChI=1S/C16H14Br2N2O/c17-12-3-4-14(18)13(10-12)16(21)20-9-1-2-15(20)11-5-7-19-8-6-11/h3-8,10,15H,1-2,9H2. The number of halogens is 2. The SMILES string of the molecule is O=C(c1cc(Br)ccc1Br)N1CCCC1c1ccncc1. The van der Waals surface area contributed by atoms with Gasteiger partial charge in [0.25, 0.3) is 5.91 Å². The van der Waals surface area contributed by atoms with E-state index in [0.717, 1.165) is 33.9 Å². The van der Waals surface area contributed by atoms with Crippen molar-refractivity contribution in [2.75, 3.05) is 6.54 Å². The molecule has 1 aromatic heterocycles. The summed E-state index contributed by atoms with van der Waals surface area (Å²) in [6.07, 6.45) is 5.60. The lowest BCUT2D eigenvalue weighted by molar-refractivity contribution is 0.0734. The van der Waals surface area contributed by atoms with Gasteiger partial charge in [-0.1, -0.05) is 15.9 Å². The summed E-state index contributed by atoms with van der Waals surface area (Å²) in [4.78, 5) is 18.9. The Kier molecular flexibility index (Phi) is 4.40. The first-order valence-corrected chi connectivity index (χ1v) is 8.41. The topological polar surface area (TPSA) is 33.2 Å². The van der Waals surface area contributed by atoms with Gasteiger partial charge in [-0.15, -0.1) is 0 Å². The molecule has 108 valence electrons. The average Bonchev–Trinajstić information content (AvgIpc) is 2.99. The molecule has 0 bridgehead atoms. The van der Waals surface area contributed by atoms with Gasteiger partial charge in [-0.05, 0) is 64.7 Å². The van der Waals surface area contributed by atoms with E-state index in [2.05, 4.69) is 36.8 Å². The molecule has 3 nitrogen and oxygen atoms in total. The lowest BCUT2D eigenvalue weighted by Gasteiger charge is -2.25. The van der Waals surface area contributed by atoms with Gasteiger partial charge in [0.05, 0.1) is 11.6 Å². The molecule has 0 radical (unpaired) electrons. The molecule has 1 atom stereocenters. The first kappa shape index (κ1) is 14.7. The number of nitrogens with zero attached hydrogens (tertiary/aromatic N) is 2. The van der Waals surface area contributed by atoms with Crippen LogP contribution in [0.5, 0.6) is 0 Å². The monoisotopic (exact) mass is 408 g/mol. The molecule has 1 aliphatic heterocycles. The van der Waals surface area contributed by atoms with Gasteiger partial charge in [0, 0.05) is 27.9 Å². The third-order valence-electron chi connectivity index (χ3n) is 3.76. The minimum atomic E-state index is 0.0717. The van der Waals surface area contributed by atoms with Crippen LogP contribution in [0, 0.1) is 0 Å². The number of likely N-dealkylation sites (tertiary alicyclic amines) is 1. The summed E-state index contributed by atoms with van der Waals surface area (Å²) in [5.74, 6) is 0.0717. The first-order valence-electron chi connectivity index (χ1n) is 6.83. The Morgan fingerprint density at radius 3 is 2.71 bits per heavy atom. The third kappa shape index (κ3) is 3.04. The Balaban J connectivity index is 1.92. The predicted molar refractivity (Wildman–Crippen MR) is 89.1 cm³/mol. The molecule has 5 heteroatoms. The van der Waals surface area contributed by atoms with Crippen LogP contribution >= 0.6 is 31.9 Å². The summed E-state index contributed by atoms with van der Waals surface area (Å²) >= 11 is 6.91. The molecule has 0 N–H and O–H groups in total. The molecule has 0 aliphatic carbocycles. The van der Waals surface area contributed by atoms with E-state index < -0.39 is 0 Å². The zero-order chi connectivity index (χ0) is 14.8. The molecule has 3 rings (SSSR count). The van der Waals surface area contributed by atoms with E-state index in [1.165, 1.54) is 0 Å². The van der Waals surface area contributed by atoms with Crippen LogP contribution in [-0.4, -0.2) is 22.3 Å². The minimum absolute atomic E-state index is 0.0717. The quantitative estimate of drug-likeness (QED) is 0.726. The second kappa shape index (κ2) is 6.28. The van der Waals surface area contributed by atoms with E-state index in [9.17, 15) is 4.79 Å². The van der Waals surface area contributed by atoms with Gasteiger partial charge in [0.15, 0.2) is 0 Å². The predicted octanol–water partition coefficient (Wildman–Crippen LogP) is 4.58. The van der Waals surface area contributed by atoms with Crippen molar-refractivity contribution >= 4 is 37.8 Å². The van der Waals surface area contributed by atoms with Crippen molar-refractivity contribution in [1.29, 1.82) is 0 Å². The Hall–Kier alpha value is -1.20. The number of pyridine rings is 1. The van der Waals surface area contributed by atoms with Crippen LogP contribution in [0.15, 0.2) is 51.7 Å². The Bertz CT molecular complexity index is 661. The maximum atomic E-state index is 12.9. The summed E-state index contributed by atoms with van der Waals surface area (Å²) in [7, 11) is 0. The fourth-order valence-corrected chi connectivity index (χ4v) is 3.54. The summed E-state index contributed by atoms with van der Waals surface area (Å²) < 4.78 is 1.74. The maximum Gasteiger partial charge on any atom is 0.255 e. The van der Waals surface area contributed by atoms with Gasteiger partial charge in [-0.3, -0.25) is 9.78 Å². The molecular formula is C16H14Br2N2O. The largest absolute Gasteiger partial charge is 0.332 e. The molecule has 0 spiro atoms. The molecular weight excluding hydrogens is 396 g/mol. The number of carbonyl (C=O) groups is 1. The van der Waals surface area contributed by atoms with Crippen molar-refractivity contribution in [2.45, 2.75) is 18.9 Å². The minimum Gasteiger partial charge on any atom is -0.332 e. The van der Waals surface area contributed by atoms with Crippen LogP contribution in [0.4, 0.5) is 0 Å². The van der Waals surface area contributed by atoms with Gasteiger partial charge in [-0.25, -0.2) is 0 Å². The molecule has 21 heavy (non-hydrogen) atoms. The molecule has 1 saturated heterocycles. The third-order valence-corrected chi connectivity index (χ3v) is 4.95. The van der Waals surface area contributed by atoms with Gasteiger partial charge in [0.1, 0.15) is 0 Å². The van der Waals surface area contributed by atoms with Crippen LogP contribution in [0.25, 0.3) is 0 Å². The van der Waals surface area contributed by atoms with E-state index in [1.807, 2.05) is 35.2 Å². The number of hydrogen-bond acceptors (Lipinski definition) is 2. The van der Waals surface area contributed by atoms with E-state index in [0.29, 0.717) is 5.56 Å². The van der Waals surface area contributed by atoms with Crippen molar-refractivity contribution in [1.82, 2.24) is 9.88 Å². The van der Waals surface area contributed by atoms with Gasteiger partial charge in [-0.2, -0.15) is 0 Å². The van der Waals surface area contributed by atoms with Crippen LogP contribution in [0.3, 0.4) is 0 Å². The molecule has 2 heterocycles. The highest BCUT2D eigenvalue weighted by Crippen LogP contribution is 2.34. The second-order valence-corrected chi connectivity index (χ2v) is 6.83. The van der Waals surface area contributed by atoms with Crippen LogP contribution in [0.2, 0.25) is 0 Å². The highest BCUT2D eigenvalue weighted by molar-refractivity contribution is 9.11. The lowest BCUT2D eigenvalue weighted by atomic mass is 10.1. The lowest BCUT2D eigenvalue weighted by Crippen LogP contribution is -2.30. The van der Waals surface area contributed by atoms with E-state index in [4.69, 9.17) is 0 Å². The number of carbonyl (C=O) groups excluding carboxylic acids is 1. The fourth-order valence-electron chi connectivity index (χ4n) is 2.76. The molecule has 1 aliphatic rings. The smallest absolute Gasteiger partial charge is 0.255 e. The van der Waals surface area contributed by atoms with Gasteiger partial charge < -0.3 is 4.90 Å². The molecule has 1 aromatic carbocycles. The summed E-state index contributed by atoms with van der Waals surface area (Å²) in [6, 6.07) is 9.82. The summed E-state index contributed by atoms with van der Waals surface area (Å²) in [5.41, 5.74) is 1.85. The number of amides is 1. The van der Waals surface area contributed by atoms with Crippen molar-refractivity contribution in [3.63, 3.8) is 0 Å². The highest BCUT2D eigenvalue weighted by atomic mass is 79.9. The fraction of sp³-hybridized carbons (Fsp3) is 0.250. The molecule has 2 aromatic rings. The van der Waals surface area contributed by atoms with E-state index in [-0.39, 0.29) is 11.9 Å². The number of rotatable bonds is 2. The molecule has 1 fully saturated rings. The van der Waals surface area contributed by atoms with Gasteiger partial charge in [0.2, 0.25) is 0 Å². The second-order valence-electron chi connectivity index (χ2n) is 5.06. The molecule has 1 unspecified atom stereocenters. The van der Waals surface area contributed by atoms with Crippen LogP contribution in [-0.2, 0) is 0 Å². The average molecular weight is 410 g/mol. The normalized spacial score (nSPS) is 18.0. The number of hydrogen-bond donors (Lipinski definition) is 0. The van der Waals surface area contributed by atoms with Gasteiger partial charge >= 0.3 is 0 Å². The van der Waals surface area contributed by atoms with Crippen LogP contribution < -0.4 is 0 Å². The Labute approximate surface area is 140 Å². The highest BCUT2D eigenvalue weighted by Gasteiger charge is 2.31. The summed E-state index contributed by atoms with van der Waals surface area (Å²) in [5, 5.41) is 0. The first-order chi connectivity index (χ1) is 10.2. The Morgan fingerprint density at radius 2 is 1.95 bits per heavy atom. The van der Waals surface area contributed by atoms with Crippen molar-refractivity contribution in [2.24, 2.45) is 0 Å². The van der Waals surface area contributed by atoms with E-state index >= 15 is 0 Å². The van der Waals surface area contributed by atoms with Crippen molar-refractivity contribution in [3.05, 3.63) is 62.8 Å². The summed E-state index contributed by atoms with van der Waals surface area (Å²) in [6.45, 7) is 0.796. The number of benzene rings is 1. The van der Waals surface area contributed by atoms with E-state index in [1.54, 1.807) is 12.4 Å². The zero-order valence-corrected chi connectivity index (χ0v) is 14.5. The van der Waals surface area contributed by atoms with Crippen molar-refractivity contribution < 1.29 is 4.79 Å². The Morgan fingerprint density at radius 1 is 1.19 bits per heavy atom. The molecule has 0 saturated carbocycles.